The zero-order chi connectivity index (χ0) is 24.2. The molecule has 1 aromatic carbocycles. The Morgan fingerprint density at radius 1 is 1.21 bits per heavy atom. The molecule has 1 aliphatic rings. The number of aryl methyl sites for hydroxylation is 1. The number of nitrogens with one attached hydrogen (secondary N) is 1. The Bertz CT molecular complexity index is 1300. The lowest BCUT2D eigenvalue weighted by Crippen LogP contribution is -2.43. The predicted molar refractivity (Wildman–Crippen MR) is 122 cm³/mol. The molecular formula is C22H27N5O5S. The van der Waals surface area contributed by atoms with Gasteiger partial charge >= 0.3 is 5.69 Å². The fourth-order valence-corrected chi connectivity index (χ4v) is 5.58. The number of nitrogens with zero attached hydrogens (tertiary/aromatic N) is 4. The van der Waals surface area contributed by atoms with Crippen LogP contribution in [0.5, 0.6) is 0 Å². The summed E-state index contributed by atoms with van der Waals surface area (Å²) < 4.78 is 29.8. The first kappa shape index (κ1) is 24.4. The average molecular weight is 474 g/mol. The Hall–Kier alpha value is -3.23. The molecule has 0 aliphatic heterocycles. The number of anilines is 1. The normalized spacial score (nSPS) is 14.7. The van der Waals surface area contributed by atoms with E-state index in [-0.39, 0.29) is 28.7 Å². The van der Waals surface area contributed by atoms with Gasteiger partial charge in [-0.1, -0.05) is 31.4 Å². The fourth-order valence-electron chi connectivity index (χ4n) is 4.02. The monoisotopic (exact) mass is 473 g/mol. The van der Waals surface area contributed by atoms with Crippen molar-refractivity contribution in [1.82, 2.24) is 13.4 Å². The number of aromatic nitrogens is 2. The number of sulfonamides is 1. The van der Waals surface area contributed by atoms with Crippen LogP contribution in [0.4, 0.5) is 5.69 Å². The Balaban J connectivity index is 1.89. The van der Waals surface area contributed by atoms with Gasteiger partial charge in [0.1, 0.15) is 23.1 Å². The van der Waals surface area contributed by atoms with Crippen LogP contribution in [0.15, 0.2) is 44.9 Å². The third-order valence-corrected chi connectivity index (χ3v) is 7.88. The van der Waals surface area contributed by atoms with Crippen LogP contribution in [0.2, 0.25) is 0 Å². The first-order valence-electron chi connectivity index (χ1n) is 10.8. The lowest BCUT2D eigenvalue weighted by atomic mass is 9.96. The highest BCUT2D eigenvalue weighted by Gasteiger charge is 2.31. The third-order valence-electron chi connectivity index (χ3n) is 5.91. The first-order valence-corrected chi connectivity index (χ1v) is 12.3. The molecule has 10 nitrogen and oxygen atoms in total. The van der Waals surface area contributed by atoms with Crippen molar-refractivity contribution in [3.63, 3.8) is 0 Å². The highest BCUT2D eigenvalue weighted by atomic mass is 32.2. The average Bonchev–Trinajstić information content (AvgIpc) is 2.82. The summed E-state index contributed by atoms with van der Waals surface area (Å²) in [6.45, 7) is 1.23. The van der Waals surface area contributed by atoms with E-state index < -0.39 is 33.7 Å². The van der Waals surface area contributed by atoms with Crippen molar-refractivity contribution < 1.29 is 13.2 Å². The van der Waals surface area contributed by atoms with Crippen LogP contribution in [0.25, 0.3) is 0 Å². The van der Waals surface area contributed by atoms with Crippen molar-refractivity contribution in [2.45, 2.75) is 63.1 Å². The van der Waals surface area contributed by atoms with Gasteiger partial charge in [0.05, 0.1) is 5.69 Å². The number of nitriles is 1. The maximum atomic E-state index is 13.3. The summed E-state index contributed by atoms with van der Waals surface area (Å²) in [5.74, 6) is -0.755. The molecule has 0 radical (unpaired) electrons. The molecule has 33 heavy (non-hydrogen) atoms. The second kappa shape index (κ2) is 10.1. The minimum absolute atomic E-state index is 0.0597. The SMILES string of the molecule is CCn1cc(C#N)c(=O)n(CC(=O)Nc2ccccc2S(=O)(=O)N(C)C2CCCCC2)c1=O. The number of hydrogen-bond acceptors (Lipinski definition) is 6. The lowest BCUT2D eigenvalue weighted by Gasteiger charge is -2.30. The summed E-state index contributed by atoms with van der Waals surface area (Å²) in [4.78, 5) is 37.6. The van der Waals surface area contributed by atoms with Gasteiger partial charge in [0.2, 0.25) is 15.9 Å². The minimum atomic E-state index is -3.88. The second-order valence-electron chi connectivity index (χ2n) is 7.97. The smallest absolute Gasteiger partial charge is 0.323 e. The van der Waals surface area contributed by atoms with E-state index in [1.54, 1.807) is 32.2 Å². The Labute approximate surface area is 192 Å². The van der Waals surface area contributed by atoms with Crippen LogP contribution in [0.3, 0.4) is 0 Å². The molecule has 11 heteroatoms. The number of para-hydroxylation sites is 1. The van der Waals surface area contributed by atoms with E-state index in [0.717, 1.165) is 42.9 Å². The van der Waals surface area contributed by atoms with Crippen LogP contribution in [-0.4, -0.2) is 40.9 Å². The highest BCUT2D eigenvalue weighted by Crippen LogP contribution is 2.29. The topological polar surface area (TPSA) is 134 Å². The molecule has 1 aromatic heterocycles. The van der Waals surface area contributed by atoms with Crippen molar-refractivity contribution in [1.29, 1.82) is 5.26 Å². The van der Waals surface area contributed by atoms with E-state index in [1.807, 2.05) is 0 Å². The lowest BCUT2D eigenvalue weighted by molar-refractivity contribution is -0.116. The number of carbonyl (C=O) groups is 1. The van der Waals surface area contributed by atoms with Crippen LogP contribution >= 0.6 is 0 Å². The van der Waals surface area contributed by atoms with Crippen molar-refractivity contribution in [2.24, 2.45) is 0 Å². The molecule has 0 unspecified atom stereocenters. The second-order valence-corrected chi connectivity index (χ2v) is 9.94. The van der Waals surface area contributed by atoms with E-state index in [4.69, 9.17) is 5.26 Å². The van der Waals surface area contributed by atoms with Gasteiger partial charge in [-0.15, -0.1) is 0 Å². The minimum Gasteiger partial charge on any atom is -0.323 e. The molecule has 3 rings (SSSR count). The van der Waals surface area contributed by atoms with E-state index in [1.165, 1.54) is 16.4 Å². The largest absolute Gasteiger partial charge is 0.331 e. The van der Waals surface area contributed by atoms with Gasteiger partial charge in [0, 0.05) is 25.8 Å². The molecule has 1 amide bonds. The molecule has 1 heterocycles. The van der Waals surface area contributed by atoms with Gasteiger partial charge < -0.3 is 5.32 Å². The Morgan fingerprint density at radius 3 is 2.52 bits per heavy atom. The number of carbonyl (C=O) groups excluding carboxylic acids is 1. The molecule has 1 saturated carbocycles. The standard InChI is InChI=1S/C22H27N5O5S/c1-3-26-14-16(13-23)21(29)27(22(26)30)15-20(28)24-18-11-7-8-12-19(18)33(31,32)25(2)17-9-5-4-6-10-17/h7-8,11-12,14,17H,3-6,9-10,15H2,1-2H3,(H,24,28). The van der Waals surface area contributed by atoms with Crippen LogP contribution in [0.1, 0.15) is 44.6 Å². The summed E-state index contributed by atoms with van der Waals surface area (Å²) in [6.07, 6.45) is 5.74. The Morgan fingerprint density at radius 2 is 1.88 bits per heavy atom. The van der Waals surface area contributed by atoms with E-state index in [2.05, 4.69) is 5.32 Å². The number of hydrogen-bond donors (Lipinski definition) is 1. The van der Waals surface area contributed by atoms with Gasteiger partial charge in [-0.2, -0.15) is 9.57 Å². The molecular weight excluding hydrogens is 446 g/mol. The molecule has 176 valence electrons. The summed E-state index contributed by atoms with van der Waals surface area (Å²) in [7, 11) is -2.34. The quantitative estimate of drug-likeness (QED) is 0.647. The van der Waals surface area contributed by atoms with E-state index >= 15 is 0 Å². The van der Waals surface area contributed by atoms with Gasteiger partial charge in [0.15, 0.2) is 0 Å². The van der Waals surface area contributed by atoms with Crippen molar-refractivity contribution >= 4 is 21.6 Å². The molecule has 0 spiro atoms. The number of benzene rings is 1. The molecule has 1 aliphatic carbocycles. The highest BCUT2D eigenvalue weighted by molar-refractivity contribution is 7.89. The van der Waals surface area contributed by atoms with E-state index in [9.17, 15) is 22.8 Å². The van der Waals surface area contributed by atoms with Crippen molar-refractivity contribution in [3.05, 3.63) is 56.9 Å². The zero-order valence-electron chi connectivity index (χ0n) is 18.7. The fraction of sp³-hybridized carbons (Fsp3) is 0.455. The molecule has 0 atom stereocenters. The predicted octanol–water partition coefficient (Wildman–Crippen LogP) is 1.49. The van der Waals surface area contributed by atoms with Crippen LogP contribution < -0.4 is 16.6 Å². The number of rotatable bonds is 7. The maximum Gasteiger partial charge on any atom is 0.331 e. The Kier molecular flexibility index (Phi) is 7.50. The number of amides is 1. The van der Waals surface area contributed by atoms with Crippen molar-refractivity contribution in [3.8, 4) is 6.07 Å². The molecule has 1 N–H and O–H groups in total. The van der Waals surface area contributed by atoms with Crippen molar-refractivity contribution in [2.75, 3.05) is 12.4 Å². The first-order chi connectivity index (χ1) is 15.7. The summed E-state index contributed by atoms with van der Waals surface area (Å²) >= 11 is 0. The van der Waals surface area contributed by atoms with Crippen LogP contribution in [0, 0.1) is 11.3 Å². The van der Waals surface area contributed by atoms with Gasteiger partial charge in [-0.3, -0.25) is 14.2 Å². The van der Waals surface area contributed by atoms with Gasteiger partial charge in [-0.05, 0) is 31.9 Å². The summed E-state index contributed by atoms with van der Waals surface area (Å²) in [5, 5.41) is 11.7. The molecule has 0 saturated heterocycles. The summed E-state index contributed by atoms with van der Waals surface area (Å²) in [6, 6.07) is 7.64. The molecule has 0 bridgehead atoms. The molecule has 1 fully saturated rings. The maximum absolute atomic E-state index is 13.3. The molecule has 2 aromatic rings. The van der Waals surface area contributed by atoms with Crippen LogP contribution in [-0.2, 0) is 27.9 Å². The van der Waals surface area contributed by atoms with E-state index in [0.29, 0.717) is 4.57 Å². The third kappa shape index (κ3) is 5.07. The zero-order valence-corrected chi connectivity index (χ0v) is 19.5. The summed E-state index contributed by atoms with van der Waals surface area (Å²) in [5.41, 5.74) is -1.80. The van der Waals surface area contributed by atoms with Gasteiger partial charge in [-0.25, -0.2) is 17.8 Å². The van der Waals surface area contributed by atoms with Gasteiger partial charge in [0.25, 0.3) is 5.56 Å².